The number of methoxy groups -OCH3 is 1. The highest BCUT2D eigenvalue weighted by Gasteiger charge is 2.76. The molecular weight excluding hydrogens is 576 g/mol. The summed E-state index contributed by atoms with van der Waals surface area (Å²) in [5.41, 5.74) is -0.915. The van der Waals surface area contributed by atoms with Crippen LogP contribution < -0.4 is 0 Å². The van der Waals surface area contributed by atoms with E-state index in [0.29, 0.717) is 6.42 Å². The van der Waals surface area contributed by atoms with E-state index in [1.165, 1.54) is 13.2 Å². The summed E-state index contributed by atoms with van der Waals surface area (Å²) in [4.78, 5) is 26.7. The van der Waals surface area contributed by atoms with Crippen LogP contribution in [0.15, 0.2) is 59.4 Å². The number of aliphatic hydroxyl groups excluding tert-OH is 3. The molecule has 1 aromatic heterocycles. The summed E-state index contributed by atoms with van der Waals surface area (Å²) >= 11 is 0. The first-order chi connectivity index (χ1) is 21.4. The van der Waals surface area contributed by atoms with Gasteiger partial charge >= 0.3 is 11.9 Å². The molecule has 2 aromatic rings. The number of ether oxygens (including phenoxy) is 3. The summed E-state index contributed by atoms with van der Waals surface area (Å²) in [6.45, 7) is 8.22. The minimum Gasteiger partial charge on any atom is -0.472 e. The molecule has 0 radical (unpaired) electrons. The molecule has 45 heavy (non-hydrogen) atoms. The van der Waals surface area contributed by atoms with Crippen LogP contribution in [0.2, 0.25) is 0 Å². The van der Waals surface area contributed by atoms with Gasteiger partial charge in [-0.15, -0.1) is 0 Å². The Kier molecular flexibility index (Phi) is 8.30. The maximum absolute atomic E-state index is 13.4. The summed E-state index contributed by atoms with van der Waals surface area (Å²) in [5.74, 6) is -2.59. The normalized spacial score (nSPS) is 44.1. The van der Waals surface area contributed by atoms with Crippen LogP contribution >= 0.6 is 0 Å². The van der Waals surface area contributed by atoms with Gasteiger partial charge in [0.15, 0.2) is 0 Å². The third kappa shape index (κ3) is 4.89. The Labute approximate surface area is 264 Å². The standard InChI is InChI=1S/C36H46O9/c1-20-23(22-13-14-43-18-22)15-24(37)30(20)36(4)25(16-29(40)42-5)35(3)27(45-28(39)12-11-21-9-7-6-8-10-21)17-26(38)34(2)19-44-31(32(34)35)33(36)41/h6-14,18,20,23-27,30-33,37-38,41H,15-17,19H2,1-5H3/b12-11+/t20-,23-,24+,25-,26-,27+,30-,31?,32+,33-,34-,35+,36-/m1/s1. The van der Waals surface area contributed by atoms with Crippen molar-refractivity contribution in [3.8, 4) is 0 Å². The quantitative estimate of drug-likeness (QED) is 0.304. The van der Waals surface area contributed by atoms with E-state index in [4.69, 9.17) is 18.6 Å². The molecule has 4 fully saturated rings. The van der Waals surface area contributed by atoms with Gasteiger partial charge in [-0.05, 0) is 53.4 Å². The fourth-order valence-corrected chi connectivity index (χ4v) is 10.4. The molecule has 1 saturated heterocycles. The Hall–Kier alpha value is -2.98. The molecule has 9 nitrogen and oxygen atoms in total. The van der Waals surface area contributed by atoms with Crippen LogP contribution in [-0.4, -0.2) is 71.5 Å². The molecule has 1 unspecified atom stereocenters. The number of aliphatic hydroxyl groups is 3. The minimum absolute atomic E-state index is 0.0169. The van der Waals surface area contributed by atoms with Gasteiger partial charge in [0.25, 0.3) is 0 Å². The van der Waals surface area contributed by atoms with E-state index in [1.807, 2.05) is 57.2 Å². The van der Waals surface area contributed by atoms with Crippen molar-refractivity contribution < 1.29 is 43.5 Å². The van der Waals surface area contributed by atoms with Crippen LogP contribution in [0, 0.1) is 39.9 Å². The van der Waals surface area contributed by atoms with E-state index < -0.39 is 76.5 Å². The SMILES string of the molecule is COC(=O)C[C@H]1[C@](C)([C@@H]2[C@H](C)[C@H](c3ccoc3)C[C@@H]2O)[C@H](O)C2OC[C@]3(C)[C@H](O)C[C@H](OC(=O)/C=C/c4ccccc4)[C@@]1(C)[C@@H]23. The molecule has 0 amide bonds. The topological polar surface area (TPSA) is 136 Å². The lowest BCUT2D eigenvalue weighted by atomic mass is 9.38. The molecule has 0 spiro atoms. The Morgan fingerprint density at radius 3 is 2.44 bits per heavy atom. The Balaban J connectivity index is 1.45. The number of esters is 2. The van der Waals surface area contributed by atoms with Crippen LogP contribution in [0.5, 0.6) is 0 Å². The fourth-order valence-electron chi connectivity index (χ4n) is 10.4. The van der Waals surface area contributed by atoms with Crippen LogP contribution in [0.1, 0.15) is 64.0 Å². The molecule has 13 atom stereocenters. The summed E-state index contributed by atoms with van der Waals surface area (Å²) < 4.78 is 23.3. The van der Waals surface area contributed by atoms with Gasteiger partial charge < -0.3 is 33.9 Å². The molecule has 2 heterocycles. The zero-order valence-corrected chi connectivity index (χ0v) is 26.7. The van der Waals surface area contributed by atoms with E-state index >= 15 is 0 Å². The van der Waals surface area contributed by atoms with Crippen LogP contribution in [0.4, 0.5) is 0 Å². The monoisotopic (exact) mass is 622 g/mol. The summed E-state index contributed by atoms with van der Waals surface area (Å²) in [5, 5.41) is 35.7. The molecule has 3 N–H and O–H groups in total. The lowest BCUT2D eigenvalue weighted by Crippen LogP contribution is -2.73. The molecule has 3 saturated carbocycles. The summed E-state index contributed by atoms with van der Waals surface area (Å²) in [6, 6.07) is 11.3. The predicted octanol–water partition coefficient (Wildman–Crippen LogP) is 4.36. The number of hydrogen-bond donors (Lipinski definition) is 3. The summed E-state index contributed by atoms with van der Waals surface area (Å²) in [7, 11) is 1.34. The number of carbonyl (C=O) groups excluding carboxylic acids is 2. The van der Waals surface area contributed by atoms with Gasteiger partial charge in [0.1, 0.15) is 6.10 Å². The van der Waals surface area contributed by atoms with E-state index in [1.54, 1.807) is 18.6 Å². The van der Waals surface area contributed by atoms with Crippen molar-refractivity contribution >= 4 is 18.0 Å². The van der Waals surface area contributed by atoms with Gasteiger partial charge in [0.05, 0.1) is 50.7 Å². The highest BCUT2D eigenvalue weighted by molar-refractivity contribution is 5.87. The molecule has 0 bridgehead atoms. The molecule has 1 aliphatic heterocycles. The second-order valence-electron chi connectivity index (χ2n) is 14.5. The van der Waals surface area contributed by atoms with Gasteiger partial charge in [-0.25, -0.2) is 4.79 Å². The lowest BCUT2D eigenvalue weighted by molar-refractivity contribution is -0.276. The number of hydrogen-bond acceptors (Lipinski definition) is 9. The molecule has 9 heteroatoms. The van der Waals surface area contributed by atoms with Gasteiger partial charge in [-0.1, -0.05) is 58.0 Å². The Morgan fingerprint density at radius 2 is 1.78 bits per heavy atom. The first-order valence-electron chi connectivity index (χ1n) is 16.1. The van der Waals surface area contributed by atoms with Gasteiger partial charge in [-0.2, -0.15) is 0 Å². The van der Waals surface area contributed by atoms with Crippen molar-refractivity contribution in [2.24, 2.45) is 39.9 Å². The number of benzene rings is 1. The third-order valence-electron chi connectivity index (χ3n) is 12.5. The van der Waals surface area contributed by atoms with E-state index in [-0.39, 0.29) is 31.3 Å². The molecule has 1 aromatic carbocycles. The van der Waals surface area contributed by atoms with Crippen LogP contribution in [0.3, 0.4) is 0 Å². The van der Waals surface area contributed by atoms with Crippen molar-refractivity contribution in [1.82, 2.24) is 0 Å². The molecule has 3 aliphatic carbocycles. The second kappa shape index (κ2) is 11.7. The van der Waals surface area contributed by atoms with Gasteiger partial charge in [0.2, 0.25) is 0 Å². The maximum Gasteiger partial charge on any atom is 0.331 e. The first kappa shape index (κ1) is 32.0. The summed E-state index contributed by atoms with van der Waals surface area (Å²) in [6.07, 6.45) is 2.72. The average molecular weight is 623 g/mol. The third-order valence-corrected chi connectivity index (χ3v) is 12.5. The van der Waals surface area contributed by atoms with Crippen LogP contribution in [0.25, 0.3) is 6.08 Å². The smallest absolute Gasteiger partial charge is 0.331 e. The molecular formula is C36H46O9. The van der Waals surface area contributed by atoms with E-state index in [2.05, 4.69) is 6.92 Å². The second-order valence-corrected chi connectivity index (χ2v) is 14.5. The van der Waals surface area contributed by atoms with Crippen molar-refractivity contribution in [1.29, 1.82) is 0 Å². The zero-order chi connectivity index (χ0) is 32.3. The van der Waals surface area contributed by atoms with Gasteiger partial charge in [0, 0.05) is 41.1 Å². The predicted molar refractivity (Wildman–Crippen MR) is 164 cm³/mol. The first-order valence-corrected chi connectivity index (χ1v) is 16.1. The molecule has 6 rings (SSSR count). The van der Waals surface area contributed by atoms with E-state index in [0.717, 1.165) is 11.1 Å². The molecule has 244 valence electrons. The minimum atomic E-state index is -1.07. The highest BCUT2D eigenvalue weighted by atomic mass is 16.5. The Morgan fingerprint density at radius 1 is 1.04 bits per heavy atom. The van der Waals surface area contributed by atoms with Gasteiger partial charge in [-0.3, -0.25) is 4.79 Å². The van der Waals surface area contributed by atoms with Crippen molar-refractivity contribution in [3.63, 3.8) is 0 Å². The largest absolute Gasteiger partial charge is 0.472 e. The average Bonchev–Trinajstić information content (AvgIpc) is 3.75. The lowest BCUT2D eigenvalue weighted by Gasteiger charge is -2.67. The Bertz CT molecular complexity index is 1410. The maximum atomic E-state index is 13.4. The fraction of sp³-hybridized carbons (Fsp3) is 0.611. The number of rotatable bonds is 7. The molecule has 4 aliphatic rings. The number of furan rings is 1. The highest BCUT2D eigenvalue weighted by Crippen LogP contribution is 2.71. The van der Waals surface area contributed by atoms with E-state index in [9.17, 15) is 24.9 Å². The van der Waals surface area contributed by atoms with Crippen LogP contribution in [-0.2, 0) is 23.8 Å². The zero-order valence-electron chi connectivity index (χ0n) is 26.7. The van der Waals surface area contributed by atoms with Crippen molar-refractivity contribution in [3.05, 3.63) is 66.1 Å². The van der Waals surface area contributed by atoms with Crippen molar-refractivity contribution in [2.75, 3.05) is 13.7 Å². The van der Waals surface area contributed by atoms with Crippen molar-refractivity contribution in [2.45, 2.75) is 83.4 Å². The number of carbonyl (C=O) groups is 2.